The molecule has 0 unspecified atom stereocenters. The molecule has 0 fully saturated rings. The van der Waals surface area contributed by atoms with Crippen LogP contribution < -0.4 is 0 Å². The lowest BCUT2D eigenvalue weighted by Gasteiger charge is -2.22. The van der Waals surface area contributed by atoms with E-state index in [-0.39, 0.29) is 5.41 Å². The van der Waals surface area contributed by atoms with Crippen LogP contribution >= 0.6 is 11.3 Å². The SMILES string of the molecule is CC1(C)c2ccccc2-c2cc(-c3c4ccccc4c(-c4cc5c6ccccc6oc5c5c4sc4c6ccccc6ccc45)c4ccccc34)ccc21. The third-order valence-electron chi connectivity index (χ3n) is 12.0. The fourth-order valence-electron chi connectivity index (χ4n) is 9.64. The van der Waals surface area contributed by atoms with E-state index >= 15 is 0 Å². The number of para-hydroxylation sites is 1. The van der Waals surface area contributed by atoms with Gasteiger partial charge in [0.25, 0.3) is 0 Å². The Balaban J connectivity index is 1.23. The van der Waals surface area contributed by atoms with Crippen LogP contribution in [0.25, 0.3) is 108 Å². The molecule has 0 radical (unpaired) electrons. The lowest BCUT2D eigenvalue weighted by Crippen LogP contribution is -2.14. The molecule has 1 aliphatic carbocycles. The van der Waals surface area contributed by atoms with Crippen molar-refractivity contribution >= 4 is 85.8 Å². The smallest absolute Gasteiger partial charge is 0.144 e. The van der Waals surface area contributed by atoms with Crippen LogP contribution in [0.1, 0.15) is 25.0 Å². The zero-order chi connectivity index (χ0) is 35.0. The molecule has 0 atom stereocenters. The van der Waals surface area contributed by atoms with Crippen molar-refractivity contribution in [2.45, 2.75) is 19.3 Å². The van der Waals surface area contributed by atoms with E-state index in [9.17, 15) is 0 Å². The summed E-state index contributed by atoms with van der Waals surface area (Å²) in [5.41, 5.74) is 12.4. The average Bonchev–Trinajstić information content (AvgIpc) is 3.85. The van der Waals surface area contributed by atoms with E-state index in [4.69, 9.17) is 4.42 Å². The first-order valence-electron chi connectivity index (χ1n) is 18.4. The van der Waals surface area contributed by atoms with Crippen molar-refractivity contribution in [3.63, 3.8) is 0 Å². The third-order valence-corrected chi connectivity index (χ3v) is 13.3. The molecular weight excluding hydrogens is 661 g/mol. The molecule has 53 heavy (non-hydrogen) atoms. The molecule has 2 heteroatoms. The lowest BCUT2D eigenvalue weighted by atomic mass is 9.81. The van der Waals surface area contributed by atoms with Crippen molar-refractivity contribution in [1.29, 1.82) is 0 Å². The van der Waals surface area contributed by atoms with Crippen molar-refractivity contribution < 1.29 is 4.42 Å². The molecule has 0 saturated carbocycles. The Bertz CT molecular complexity index is 3320. The quantitative estimate of drug-likeness (QED) is 0.164. The predicted octanol–water partition coefficient (Wildman–Crippen LogP) is 15.1. The second-order valence-electron chi connectivity index (χ2n) is 15.1. The molecule has 0 bridgehead atoms. The van der Waals surface area contributed by atoms with Crippen LogP contribution in [0.2, 0.25) is 0 Å². The Morgan fingerprint density at radius 1 is 0.434 bits per heavy atom. The van der Waals surface area contributed by atoms with Crippen LogP contribution in [0, 0.1) is 0 Å². The van der Waals surface area contributed by atoms with Gasteiger partial charge >= 0.3 is 0 Å². The fourth-order valence-corrected chi connectivity index (χ4v) is 11.0. The summed E-state index contributed by atoms with van der Waals surface area (Å²) in [7, 11) is 0. The molecule has 0 aliphatic heterocycles. The summed E-state index contributed by atoms with van der Waals surface area (Å²) in [6, 6.07) is 58.5. The largest absolute Gasteiger partial charge is 0.455 e. The second-order valence-corrected chi connectivity index (χ2v) is 16.2. The Kier molecular flexibility index (Phi) is 5.78. The molecule has 11 aromatic rings. The molecule has 0 N–H and O–H groups in total. The number of hydrogen-bond acceptors (Lipinski definition) is 2. The van der Waals surface area contributed by atoms with Gasteiger partial charge in [-0.05, 0) is 89.5 Å². The lowest BCUT2D eigenvalue weighted by molar-refractivity contribution is 0.660. The van der Waals surface area contributed by atoms with Gasteiger partial charge in [0, 0.05) is 41.9 Å². The molecule has 2 aromatic heterocycles. The minimum absolute atomic E-state index is 0.0324. The standard InChI is InChI=1S/C51H32OS/c1-51(2)42-21-11-9-15-32(42)39-27-30(24-26-43(39)51)45-34-17-5-7-19-36(34)46(37-20-8-6-18-35(37)45)41-28-40-33-16-10-12-22-44(33)52-48(40)47-38-25-23-29-13-3-4-14-31(29)49(38)53-50(41)47/h3-28H,1-2H3. The molecule has 0 saturated heterocycles. The Morgan fingerprint density at radius 2 is 1.06 bits per heavy atom. The van der Waals surface area contributed by atoms with Gasteiger partial charge in [-0.1, -0.05) is 153 Å². The molecule has 12 rings (SSSR count). The van der Waals surface area contributed by atoms with Gasteiger partial charge in [0.05, 0.1) is 0 Å². The monoisotopic (exact) mass is 692 g/mol. The van der Waals surface area contributed by atoms with Crippen molar-refractivity contribution in [2.24, 2.45) is 0 Å². The van der Waals surface area contributed by atoms with Gasteiger partial charge in [-0.15, -0.1) is 11.3 Å². The van der Waals surface area contributed by atoms with Crippen LogP contribution in [0.15, 0.2) is 162 Å². The fraction of sp³-hybridized carbons (Fsp3) is 0.0588. The van der Waals surface area contributed by atoms with Crippen LogP contribution in [0.5, 0.6) is 0 Å². The number of furan rings is 1. The number of fused-ring (bicyclic) bond motifs is 14. The molecule has 0 amide bonds. The van der Waals surface area contributed by atoms with E-state index in [0.29, 0.717) is 0 Å². The number of hydrogen-bond donors (Lipinski definition) is 0. The van der Waals surface area contributed by atoms with Crippen molar-refractivity contribution in [3.05, 3.63) is 169 Å². The predicted molar refractivity (Wildman–Crippen MR) is 228 cm³/mol. The van der Waals surface area contributed by atoms with Crippen molar-refractivity contribution in [3.8, 4) is 33.4 Å². The highest BCUT2D eigenvalue weighted by atomic mass is 32.1. The maximum absolute atomic E-state index is 6.77. The van der Waals surface area contributed by atoms with E-state index in [0.717, 1.165) is 21.9 Å². The summed E-state index contributed by atoms with van der Waals surface area (Å²) in [4.78, 5) is 0. The Hall–Kier alpha value is -6.22. The summed E-state index contributed by atoms with van der Waals surface area (Å²) in [6.07, 6.45) is 0. The highest BCUT2D eigenvalue weighted by Gasteiger charge is 2.35. The van der Waals surface area contributed by atoms with Crippen LogP contribution in [-0.2, 0) is 5.41 Å². The van der Waals surface area contributed by atoms with Gasteiger partial charge in [0.2, 0.25) is 0 Å². The first-order valence-corrected chi connectivity index (χ1v) is 19.2. The van der Waals surface area contributed by atoms with Gasteiger partial charge in [-0.25, -0.2) is 0 Å². The molecule has 1 aliphatic rings. The summed E-state index contributed by atoms with van der Waals surface area (Å²) < 4.78 is 9.34. The van der Waals surface area contributed by atoms with Crippen LogP contribution in [-0.4, -0.2) is 0 Å². The minimum atomic E-state index is -0.0324. The van der Waals surface area contributed by atoms with E-state index in [1.165, 1.54) is 97.0 Å². The number of thiophene rings is 1. The van der Waals surface area contributed by atoms with Crippen molar-refractivity contribution in [2.75, 3.05) is 0 Å². The first-order chi connectivity index (χ1) is 26.1. The molecular formula is C51H32OS. The van der Waals surface area contributed by atoms with Crippen LogP contribution in [0.3, 0.4) is 0 Å². The molecule has 9 aromatic carbocycles. The van der Waals surface area contributed by atoms with Gasteiger partial charge < -0.3 is 4.42 Å². The molecule has 0 spiro atoms. The summed E-state index contributed by atoms with van der Waals surface area (Å²) in [6.45, 7) is 4.71. The highest BCUT2D eigenvalue weighted by molar-refractivity contribution is 7.27. The maximum Gasteiger partial charge on any atom is 0.144 e. The summed E-state index contributed by atoms with van der Waals surface area (Å²) in [5.74, 6) is 0. The maximum atomic E-state index is 6.77. The summed E-state index contributed by atoms with van der Waals surface area (Å²) in [5, 5.41) is 12.4. The average molecular weight is 693 g/mol. The van der Waals surface area contributed by atoms with Crippen LogP contribution in [0.4, 0.5) is 0 Å². The zero-order valence-corrected chi connectivity index (χ0v) is 30.1. The zero-order valence-electron chi connectivity index (χ0n) is 29.3. The Labute approximate surface area is 310 Å². The topological polar surface area (TPSA) is 13.1 Å². The van der Waals surface area contributed by atoms with Gasteiger partial charge in [0.1, 0.15) is 11.2 Å². The van der Waals surface area contributed by atoms with Gasteiger partial charge in [-0.3, -0.25) is 0 Å². The Morgan fingerprint density at radius 3 is 1.83 bits per heavy atom. The van der Waals surface area contributed by atoms with Gasteiger partial charge in [0.15, 0.2) is 0 Å². The third kappa shape index (κ3) is 3.86. The molecule has 248 valence electrons. The van der Waals surface area contributed by atoms with E-state index < -0.39 is 0 Å². The van der Waals surface area contributed by atoms with Gasteiger partial charge in [-0.2, -0.15) is 0 Å². The second kappa shape index (κ2) is 10.4. The van der Waals surface area contributed by atoms with E-state index in [2.05, 4.69) is 172 Å². The first kappa shape index (κ1) is 29.4. The number of benzene rings is 9. The minimum Gasteiger partial charge on any atom is -0.455 e. The summed E-state index contributed by atoms with van der Waals surface area (Å²) >= 11 is 1.90. The van der Waals surface area contributed by atoms with Crippen molar-refractivity contribution in [1.82, 2.24) is 0 Å². The van der Waals surface area contributed by atoms with E-state index in [1.807, 2.05) is 11.3 Å². The molecule has 2 heterocycles. The highest BCUT2D eigenvalue weighted by Crippen LogP contribution is 2.54. The molecule has 1 nitrogen and oxygen atoms in total. The number of rotatable bonds is 2. The normalized spacial score (nSPS) is 13.6. The van der Waals surface area contributed by atoms with E-state index in [1.54, 1.807) is 0 Å².